The number of aromatic amines is 1. The van der Waals surface area contributed by atoms with Gasteiger partial charge in [-0.25, -0.2) is 0 Å². The van der Waals surface area contributed by atoms with Crippen molar-refractivity contribution in [1.29, 1.82) is 0 Å². The highest BCUT2D eigenvalue weighted by atomic mass is 35.5. The fourth-order valence-electron chi connectivity index (χ4n) is 3.55. The van der Waals surface area contributed by atoms with E-state index in [0.717, 1.165) is 28.3 Å². The second-order valence-electron chi connectivity index (χ2n) is 7.90. The summed E-state index contributed by atoms with van der Waals surface area (Å²) >= 11 is 17.3. The fraction of sp³-hybridized carbons (Fsp3) is 0.115. The Kier molecular flexibility index (Phi) is 7.32. The highest BCUT2D eigenvalue weighted by Gasteiger charge is 2.19. The number of hydrogen-bond acceptors (Lipinski definition) is 3. The Morgan fingerprint density at radius 2 is 1.71 bits per heavy atom. The molecule has 0 aliphatic heterocycles. The molecule has 1 atom stereocenters. The minimum absolute atomic E-state index is 0.0314. The van der Waals surface area contributed by atoms with Crippen LogP contribution in [0.3, 0.4) is 0 Å². The Balaban J connectivity index is 1.44. The molecule has 2 heterocycles. The van der Waals surface area contributed by atoms with Gasteiger partial charge in [0.05, 0.1) is 17.6 Å². The molecule has 5 nitrogen and oxygen atoms in total. The SMILES string of the molecule is Cc1cc(C(C)c2ccc(NC(=S)Nc3cccc(Cl)c3)cn2)[nH]c1C(=O)c1ccc(Cl)cc1. The maximum atomic E-state index is 12.9. The van der Waals surface area contributed by atoms with Crippen molar-refractivity contribution in [3.8, 4) is 0 Å². The lowest BCUT2D eigenvalue weighted by Crippen LogP contribution is -2.19. The van der Waals surface area contributed by atoms with Crippen LogP contribution in [0.15, 0.2) is 72.9 Å². The molecule has 8 heteroatoms. The van der Waals surface area contributed by atoms with E-state index in [2.05, 4.69) is 20.6 Å². The number of halogens is 2. The number of pyridine rings is 1. The van der Waals surface area contributed by atoms with Crippen molar-refractivity contribution in [3.63, 3.8) is 0 Å². The number of H-pyrrole nitrogens is 1. The topological polar surface area (TPSA) is 69.8 Å². The number of nitrogens with zero attached hydrogens (tertiary/aromatic N) is 1. The van der Waals surface area contributed by atoms with Crippen LogP contribution in [0.1, 0.15) is 45.8 Å². The van der Waals surface area contributed by atoms with E-state index in [1.807, 2.05) is 44.2 Å². The lowest BCUT2D eigenvalue weighted by atomic mass is 10.0. The zero-order valence-corrected chi connectivity index (χ0v) is 20.9. The number of hydrogen-bond donors (Lipinski definition) is 3. The minimum Gasteiger partial charge on any atom is -0.355 e. The van der Waals surface area contributed by atoms with Crippen molar-refractivity contribution in [3.05, 3.63) is 111 Å². The average Bonchev–Trinajstić information content (AvgIpc) is 3.20. The Morgan fingerprint density at radius 1 is 0.971 bits per heavy atom. The molecular formula is C26H22Cl2N4OS. The highest BCUT2D eigenvalue weighted by molar-refractivity contribution is 7.80. The third kappa shape index (κ3) is 5.65. The Hall–Kier alpha value is -3.19. The Bertz CT molecular complexity index is 1330. The number of aromatic nitrogens is 2. The molecule has 0 fully saturated rings. The number of carbonyl (C=O) groups excluding carboxylic acids is 1. The van der Waals surface area contributed by atoms with Crippen molar-refractivity contribution < 1.29 is 4.79 Å². The number of anilines is 2. The second kappa shape index (κ2) is 10.4. The van der Waals surface area contributed by atoms with E-state index >= 15 is 0 Å². The van der Waals surface area contributed by atoms with Crippen molar-refractivity contribution >= 4 is 57.7 Å². The molecule has 0 radical (unpaired) electrons. The number of thiocarbonyl (C=S) groups is 1. The van der Waals surface area contributed by atoms with Gasteiger partial charge in [0, 0.05) is 38.6 Å². The van der Waals surface area contributed by atoms with Gasteiger partial charge in [-0.3, -0.25) is 9.78 Å². The summed E-state index contributed by atoms with van der Waals surface area (Å²) in [5, 5.41) is 7.88. The van der Waals surface area contributed by atoms with Gasteiger partial charge in [0.2, 0.25) is 5.78 Å². The van der Waals surface area contributed by atoms with Crippen LogP contribution in [0.2, 0.25) is 10.0 Å². The molecule has 2 aromatic carbocycles. The van der Waals surface area contributed by atoms with E-state index in [0.29, 0.717) is 26.4 Å². The van der Waals surface area contributed by atoms with Crippen LogP contribution >= 0.6 is 35.4 Å². The van der Waals surface area contributed by atoms with Crippen LogP contribution in [0.25, 0.3) is 0 Å². The van der Waals surface area contributed by atoms with Gasteiger partial charge in [-0.1, -0.05) is 36.2 Å². The molecule has 0 saturated heterocycles. The molecule has 172 valence electrons. The summed E-state index contributed by atoms with van der Waals surface area (Å²) in [7, 11) is 0. The first-order valence-corrected chi connectivity index (χ1v) is 11.8. The zero-order valence-electron chi connectivity index (χ0n) is 18.5. The van der Waals surface area contributed by atoms with Gasteiger partial charge in [0.25, 0.3) is 0 Å². The quantitative estimate of drug-likeness (QED) is 0.189. The van der Waals surface area contributed by atoms with Crippen molar-refractivity contribution in [2.45, 2.75) is 19.8 Å². The van der Waals surface area contributed by atoms with Crippen LogP contribution in [-0.4, -0.2) is 20.9 Å². The predicted molar refractivity (Wildman–Crippen MR) is 143 cm³/mol. The van der Waals surface area contributed by atoms with Gasteiger partial charge in [-0.15, -0.1) is 0 Å². The number of aryl methyl sites for hydroxylation is 1. The van der Waals surface area contributed by atoms with Crippen molar-refractivity contribution in [2.24, 2.45) is 0 Å². The van der Waals surface area contributed by atoms with E-state index in [4.69, 9.17) is 35.4 Å². The summed E-state index contributed by atoms with van der Waals surface area (Å²) in [5.74, 6) is -0.100. The Morgan fingerprint density at radius 3 is 2.38 bits per heavy atom. The number of ketones is 1. The van der Waals surface area contributed by atoms with Crippen LogP contribution in [-0.2, 0) is 0 Å². The van der Waals surface area contributed by atoms with E-state index in [-0.39, 0.29) is 11.7 Å². The minimum atomic E-state index is -0.0687. The Labute approximate surface area is 213 Å². The molecule has 1 unspecified atom stereocenters. The number of rotatable bonds is 6. The first-order chi connectivity index (χ1) is 16.3. The monoisotopic (exact) mass is 508 g/mol. The summed E-state index contributed by atoms with van der Waals surface area (Å²) in [6.07, 6.45) is 1.73. The van der Waals surface area contributed by atoms with Crippen LogP contribution < -0.4 is 10.6 Å². The number of benzene rings is 2. The van der Waals surface area contributed by atoms with Gasteiger partial charge in [0.1, 0.15) is 0 Å². The van der Waals surface area contributed by atoms with Gasteiger partial charge in [-0.05, 0) is 85.4 Å². The standard InChI is InChI=1S/C26H22Cl2N4OS/c1-15-12-23(32-24(15)25(33)17-6-8-18(27)9-7-17)16(2)22-11-10-21(14-29-22)31-26(34)30-20-5-3-4-19(28)13-20/h3-14,16,32H,1-2H3,(H2,30,31,34). The molecule has 0 bridgehead atoms. The maximum Gasteiger partial charge on any atom is 0.209 e. The lowest BCUT2D eigenvalue weighted by molar-refractivity contribution is 0.103. The third-order valence-electron chi connectivity index (χ3n) is 5.41. The molecule has 2 aromatic heterocycles. The summed E-state index contributed by atoms with van der Waals surface area (Å²) in [6.45, 7) is 3.97. The molecule has 0 saturated carbocycles. The van der Waals surface area contributed by atoms with Gasteiger partial charge in [-0.2, -0.15) is 0 Å². The van der Waals surface area contributed by atoms with Crippen LogP contribution in [0.5, 0.6) is 0 Å². The molecule has 4 rings (SSSR count). The maximum absolute atomic E-state index is 12.9. The summed E-state index contributed by atoms with van der Waals surface area (Å²) in [4.78, 5) is 20.8. The van der Waals surface area contributed by atoms with E-state index in [1.54, 1.807) is 42.6 Å². The molecule has 34 heavy (non-hydrogen) atoms. The van der Waals surface area contributed by atoms with Crippen LogP contribution in [0.4, 0.5) is 11.4 Å². The van der Waals surface area contributed by atoms with Gasteiger partial charge in [0.15, 0.2) is 5.11 Å². The predicted octanol–water partition coefficient (Wildman–Crippen LogP) is 7.22. The molecule has 4 aromatic rings. The van der Waals surface area contributed by atoms with E-state index in [1.165, 1.54) is 0 Å². The first kappa shape index (κ1) is 24.0. The summed E-state index contributed by atoms with van der Waals surface area (Å²) in [6, 6.07) is 20.1. The molecule has 0 spiro atoms. The molecule has 0 aliphatic carbocycles. The average molecular weight is 509 g/mol. The summed E-state index contributed by atoms with van der Waals surface area (Å²) < 4.78 is 0. The smallest absolute Gasteiger partial charge is 0.209 e. The first-order valence-electron chi connectivity index (χ1n) is 10.6. The molecule has 3 N–H and O–H groups in total. The second-order valence-corrected chi connectivity index (χ2v) is 9.18. The van der Waals surface area contributed by atoms with Gasteiger partial charge >= 0.3 is 0 Å². The number of carbonyl (C=O) groups is 1. The zero-order chi connectivity index (χ0) is 24.2. The van der Waals surface area contributed by atoms with Crippen LogP contribution in [0, 0.1) is 6.92 Å². The highest BCUT2D eigenvalue weighted by Crippen LogP contribution is 2.26. The third-order valence-corrected chi connectivity index (χ3v) is 6.10. The lowest BCUT2D eigenvalue weighted by Gasteiger charge is -2.13. The number of nitrogens with one attached hydrogen (secondary N) is 3. The van der Waals surface area contributed by atoms with Crippen molar-refractivity contribution in [2.75, 3.05) is 10.6 Å². The molecule has 0 aliphatic rings. The van der Waals surface area contributed by atoms with Crippen molar-refractivity contribution in [1.82, 2.24) is 9.97 Å². The largest absolute Gasteiger partial charge is 0.355 e. The summed E-state index contributed by atoms with van der Waals surface area (Å²) in [5.41, 5.74) is 5.39. The molecular weight excluding hydrogens is 487 g/mol. The van der Waals surface area contributed by atoms with E-state index in [9.17, 15) is 4.79 Å². The normalized spacial score (nSPS) is 11.6. The van der Waals surface area contributed by atoms with Gasteiger partial charge < -0.3 is 15.6 Å². The van der Waals surface area contributed by atoms with E-state index < -0.39 is 0 Å². The fourth-order valence-corrected chi connectivity index (χ4v) is 4.11. The molecule has 0 amide bonds.